The van der Waals surface area contributed by atoms with Crippen LogP contribution < -0.4 is 10.6 Å². The lowest BCUT2D eigenvalue weighted by molar-refractivity contribution is -0.132. The Morgan fingerprint density at radius 1 is 1.35 bits per heavy atom. The molecule has 2 N–H and O–H groups in total. The van der Waals surface area contributed by atoms with Crippen molar-refractivity contribution in [3.63, 3.8) is 0 Å². The van der Waals surface area contributed by atoms with Crippen molar-refractivity contribution in [1.82, 2.24) is 0 Å². The van der Waals surface area contributed by atoms with Gasteiger partial charge >= 0.3 is 0 Å². The summed E-state index contributed by atoms with van der Waals surface area (Å²) in [5, 5.41) is 1.06. The highest BCUT2D eigenvalue weighted by Gasteiger charge is 2.38. The first-order valence-electron chi connectivity index (χ1n) is 7.01. The zero-order valence-electron chi connectivity index (χ0n) is 12.9. The van der Waals surface area contributed by atoms with Crippen LogP contribution in [0.5, 0.6) is 0 Å². The third-order valence-corrected chi connectivity index (χ3v) is 4.58. The molecule has 0 saturated carbocycles. The van der Waals surface area contributed by atoms with E-state index in [4.69, 9.17) is 10.5 Å². The minimum absolute atomic E-state index is 0.116. The number of Topliss-reactive ketones (excluding diaryl/α,β-unsaturated/α-hetero) is 1. The normalized spacial score (nSPS) is 20.9. The van der Waals surface area contributed by atoms with Crippen molar-refractivity contribution in [2.24, 2.45) is 0 Å². The summed E-state index contributed by atoms with van der Waals surface area (Å²) in [6.07, 6.45) is 0.490. The smallest absolute Gasteiger partial charge is 0.174 e. The van der Waals surface area contributed by atoms with Gasteiger partial charge in [-0.15, -0.1) is 11.3 Å². The Bertz CT molecular complexity index is 504. The van der Waals surface area contributed by atoms with Gasteiger partial charge in [0.05, 0.1) is 26.8 Å². The van der Waals surface area contributed by atoms with E-state index in [2.05, 4.69) is 32.6 Å². The molecule has 2 heterocycles. The predicted molar refractivity (Wildman–Crippen MR) is 84.8 cm³/mol. The van der Waals surface area contributed by atoms with Crippen LogP contribution in [0, 0.1) is 0 Å². The fraction of sp³-hybridized carbons (Fsp3) is 0.667. The molecule has 1 aliphatic heterocycles. The third kappa shape index (κ3) is 3.15. The van der Waals surface area contributed by atoms with Crippen molar-refractivity contribution in [1.29, 1.82) is 0 Å². The second-order valence-corrected chi connectivity index (χ2v) is 7.65. The van der Waals surface area contributed by atoms with E-state index in [0.29, 0.717) is 17.0 Å². The van der Waals surface area contributed by atoms with E-state index in [1.54, 1.807) is 0 Å². The maximum Gasteiger partial charge on any atom is 0.174 e. The highest BCUT2D eigenvalue weighted by atomic mass is 32.1. The average Bonchev–Trinajstić information content (AvgIpc) is 2.66. The molecule has 112 valence electrons. The number of carbonyl (C=O) groups excluding carboxylic acids is 1. The molecule has 1 fully saturated rings. The lowest BCUT2D eigenvalue weighted by atomic mass is 9.99. The monoisotopic (exact) mass is 296 g/mol. The Balaban J connectivity index is 2.29. The van der Waals surface area contributed by atoms with Crippen LogP contribution in [0.15, 0.2) is 6.07 Å². The van der Waals surface area contributed by atoms with E-state index in [1.165, 1.54) is 11.3 Å². The standard InChI is InChI=1S/C15H24N2O2S/c1-6-11(18)13-10(16)7-12(20-13)17-8-14(2,3)19-15(4,5)9-17/h7H,6,8-9,16H2,1-5H3. The summed E-state index contributed by atoms with van der Waals surface area (Å²) in [6.45, 7) is 11.8. The summed E-state index contributed by atoms with van der Waals surface area (Å²) in [6, 6.07) is 1.92. The van der Waals surface area contributed by atoms with E-state index < -0.39 is 0 Å². The summed E-state index contributed by atoms with van der Waals surface area (Å²) in [5.74, 6) is 0.116. The predicted octanol–water partition coefficient (Wildman–Crippen LogP) is 3.32. The first kappa shape index (κ1) is 15.3. The fourth-order valence-electron chi connectivity index (χ4n) is 2.87. The van der Waals surface area contributed by atoms with Crippen LogP contribution in [0.25, 0.3) is 0 Å². The summed E-state index contributed by atoms with van der Waals surface area (Å²) in [7, 11) is 0. The number of hydrogen-bond acceptors (Lipinski definition) is 5. The van der Waals surface area contributed by atoms with Crippen LogP contribution in [0.2, 0.25) is 0 Å². The van der Waals surface area contributed by atoms with Gasteiger partial charge in [0.2, 0.25) is 0 Å². The van der Waals surface area contributed by atoms with Gasteiger partial charge in [-0.2, -0.15) is 0 Å². The van der Waals surface area contributed by atoms with E-state index in [-0.39, 0.29) is 17.0 Å². The zero-order valence-corrected chi connectivity index (χ0v) is 13.8. The molecule has 0 bridgehead atoms. The summed E-state index contributed by atoms with van der Waals surface area (Å²) >= 11 is 1.50. The topological polar surface area (TPSA) is 55.6 Å². The van der Waals surface area contributed by atoms with Gasteiger partial charge in [0.1, 0.15) is 0 Å². The molecule has 4 nitrogen and oxygen atoms in total. The maximum absolute atomic E-state index is 11.9. The molecular formula is C15H24N2O2S. The van der Waals surface area contributed by atoms with E-state index in [1.807, 2.05) is 13.0 Å². The first-order chi connectivity index (χ1) is 9.13. The van der Waals surface area contributed by atoms with Gasteiger partial charge in [-0.1, -0.05) is 6.92 Å². The first-order valence-corrected chi connectivity index (χ1v) is 7.83. The van der Waals surface area contributed by atoms with E-state index in [0.717, 1.165) is 18.1 Å². The number of nitrogen functional groups attached to an aromatic ring is 1. The molecule has 1 aromatic rings. The molecule has 1 aliphatic rings. The highest BCUT2D eigenvalue weighted by Crippen LogP contribution is 2.38. The van der Waals surface area contributed by atoms with Gasteiger partial charge in [-0.05, 0) is 33.8 Å². The second-order valence-electron chi connectivity index (χ2n) is 6.62. The quantitative estimate of drug-likeness (QED) is 0.869. The molecule has 0 aliphatic carbocycles. The molecule has 2 rings (SSSR count). The van der Waals surface area contributed by atoms with Crippen molar-refractivity contribution >= 4 is 27.8 Å². The molecule has 0 aromatic carbocycles. The minimum atomic E-state index is -0.213. The Kier molecular flexibility index (Phi) is 3.86. The van der Waals surface area contributed by atoms with Crippen molar-refractivity contribution < 1.29 is 9.53 Å². The molecule has 20 heavy (non-hydrogen) atoms. The molecule has 0 amide bonds. The molecule has 5 heteroatoms. The van der Waals surface area contributed by atoms with Crippen LogP contribution in [0.3, 0.4) is 0 Å². The van der Waals surface area contributed by atoms with Gasteiger partial charge in [0.15, 0.2) is 5.78 Å². The van der Waals surface area contributed by atoms with Crippen molar-refractivity contribution in [2.45, 2.75) is 52.2 Å². The van der Waals surface area contributed by atoms with Gasteiger partial charge < -0.3 is 15.4 Å². The zero-order chi connectivity index (χ0) is 15.1. The highest BCUT2D eigenvalue weighted by molar-refractivity contribution is 7.18. The molecular weight excluding hydrogens is 272 g/mol. The van der Waals surface area contributed by atoms with Crippen LogP contribution in [0.4, 0.5) is 10.7 Å². The molecule has 0 atom stereocenters. The third-order valence-electron chi connectivity index (χ3n) is 3.33. The molecule has 0 unspecified atom stereocenters. The fourth-order valence-corrected chi connectivity index (χ4v) is 3.96. The van der Waals surface area contributed by atoms with Crippen LogP contribution >= 0.6 is 11.3 Å². The number of carbonyl (C=O) groups is 1. The van der Waals surface area contributed by atoms with Crippen LogP contribution in [-0.4, -0.2) is 30.1 Å². The lowest BCUT2D eigenvalue weighted by Gasteiger charge is -2.47. The largest absolute Gasteiger partial charge is 0.397 e. The number of nitrogens with two attached hydrogens (primary N) is 1. The minimum Gasteiger partial charge on any atom is -0.397 e. The number of rotatable bonds is 3. The Morgan fingerprint density at radius 2 is 1.90 bits per heavy atom. The Labute approximate surface area is 124 Å². The Morgan fingerprint density at radius 3 is 2.40 bits per heavy atom. The number of ether oxygens (including phenoxy) is 1. The SMILES string of the molecule is CCC(=O)c1sc(N2CC(C)(C)OC(C)(C)C2)cc1N. The number of ketones is 1. The number of morpholine rings is 1. The van der Waals surface area contributed by atoms with Gasteiger partial charge in [0, 0.05) is 19.5 Å². The second kappa shape index (κ2) is 5.04. The molecule has 0 spiro atoms. The van der Waals surface area contributed by atoms with Gasteiger partial charge in [0.25, 0.3) is 0 Å². The number of thiophene rings is 1. The number of hydrogen-bond donors (Lipinski definition) is 1. The van der Waals surface area contributed by atoms with Gasteiger partial charge in [-0.3, -0.25) is 4.79 Å². The lowest BCUT2D eigenvalue weighted by Crippen LogP contribution is -2.57. The van der Waals surface area contributed by atoms with Gasteiger partial charge in [-0.25, -0.2) is 0 Å². The van der Waals surface area contributed by atoms with Crippen LogP contribution in [-0.2, 0) is 4.74 Å². The number of nitrogens with zero attached hydrogens (tertiary/aromatic N) is 1. The van der Waals surface area contributed by atoms with E-state index in [9.17, 15) is 4.79 Å². The summed E-state index contributed by atoms with van der Waals surface area (Å²) < 4.78 is 6.08. The maximum atomic E-state index is 11.9. The van der Waals surface area contributed by atoms with Crippen LogP contribution in [0.1, 0.15) is 50.7 Å². The Hall–Kier alpha value is -1.07. The summed E-state index contributed by atoms with van der Waals surface area (Å²) in [5.41, 5.74) is 6.16. The van der Waals surface area contributed by atoms with E-state index >= 15 is 0 Å². The van der Waals surface area contributed by atoms with Crippen molar-refractivity contribution in [3.8, 4) is 0 Å². The number of anilines is 2. The molecule has 1 aromatic heterocycles. The van der Waals surface area contributed by atoms with Crippen molar-refractivity contribution in [2.75, 3.05) is 23.7 Å². The average molecular weight is 296 g/mol. The molecule has 0 radical (unpaired) electrons. The summed E-state index contributed by atoms with van der Waals surface area (Å²) in [4.78, 5) is 14.8. The van der Waals surface area contributed by atoms with Crippen molar-refractivity contribution in [3.05, 3.63) is 10.9 Å². The molecule has 1 saturated heterocycles.